The molecule has 2 aliphatic rings. The van der Waals surface area contributed by atoms with Gasteiger partial charge in [0.05, 0.1) is 11.4 Å². The molecular weight excluding hydrogens is 342 g/mol. The third-order valence-corrected chi connectivity index (χ3v) is 5.36. The number of anilines is 2. The zero-order chi connectivity index (χ0) is 19.2. The van der Waals surface area contributed by atoms with Crippen LogP contribution in [0.15, 0.2) is 24.3 Å². The van der Waals surface area contributed by atoms with Gasteiger partial charge >= 0.3 is 6.03 Å². The van der Waals surface area contributed by atoms with Crippen LogP contribution in [0.1, 0.15) is 26.7 Å². The van der Waals surface area contributed by atoms with Crippen LogP contribution in [0.4, 0.5) is 16.2 Å². The molecule has 7 heteroatoms. The molecule has 0 unspecified atom stereocenters. The van der Waals surface area contributed by atoms with Crippen LogP contribution in [0, 0.1) is 0 Å². The largest absolute Gasteiger partial charge is 0.367 e. The normalized spacial score (nSPS) is 19.3. The summed E-state index contributed by atoms with van der Waals surface area (Å²) in [7, 11) is 0. The van der Waals surface area contributed by atoms with Crippen LogP contribution in [0.3, 0.4) is 0 Å². The smallest absolute Gasteiger partial charge is 0.319 e. The summed E-state index contributed by atoms with van der Waals surface area (Å²) in [5.74, 6) is 0.181. The van der Waals surface area contributed by atoms with E-state index < -0.39 is 0 Å². The Morgan fingerprint density at radius 1 is 1.15 bits per heavy atom. The molecule has 2 saturated heterocycles. The van der Waals surface area contributed by atoms with E-state index in [1.807, 2.05) is 30.0 Å². The van der Waals surface area contributed by atoms with Crippen molar-refractivity contribution in [3.05, 3.63) is 24.3 Å². The number of benzene rings is 1. The summed E-state index contributed by atoms with van der Waals surface area (Å²) in [4.78, 5) is 30.8. The number of hydrogen-bond acceptors (Lipinski definition) is 4. The third-order valence-electron chi connectivity index (χ3n) is 5.36. The predicted octanol–water partition coefficient (Wildman–Crippen LogP) is 1.96. The minimum atomic E-state index is -0.228. The highest BCUT2D eigenvalue weighted by molar-refractivity contribution is 5.93. The van der Waals surface area contributed by atoms with Crippen molar-refractivity contribution in [2.24, 2.45) is 0 Å². The van der Waals surface area contributed by atoms with E-state index >= 15 is 0 Å². The van der Waals surface area contributed by atoms with Crippen LogP contribution in [0.2, 0.25) is 0 Å². The van der Waals surface area contributed by atoms with Gasteiger partial charge in [0, 0.05) is 51.7 Å². The molecule has 2 N–H and O–H groups in total. The van der Waals surface area contributed by atoms with E-state index in [-0.39, 0.29) is 18.0 Å². The number of hydrogen-bond donors (Lipinski definition) is 2. The molecule has 27 heavy (non-hydrogen) atoms. The molecule has 2 fully saturated rings. The number of likely N-dealkylation sites (tertiary alicyclic amines) is 1. The zero-order valence-electron chi connectivity index (χ0n) is 16.4. The summed E-state index contributed by atoms with van der Waals surface area (Å²) in [6, 6.07) is 7.63. The van der Waals surface area contributed by atoms with Gasteiger partial charge in [-0.25, -0.2) is 4.79 Å². The number of likely N-dealkylation sites (N-methyl/N-ethyl adjacent to an activating group) is 1. The van der Waals surface area contributed by atoms with Gasteiger partial charge in [-0.1, -0.05) is 19.1 Å². The molecule has 0 aliphatic carbocycles. The number of urea groups is 1. The number of nitrogens with zero attached hydrogens (tertiary/aromatic N) is 3. The summed E-state index contributed by atoms with van der Waals surface area (Å²) < 4.78 is 0. The highest BCUT2D eigenvalue weighted by Crippen LogP contribution is 2.26. The van der Waals surface area contributed by atoms with Gasteiger partial charge in [-0.2, -0.15) is 0 Å². The highest BCUT2D eigenvalue weighted by atomic mass is 16.2. The number of amides is 3. The zero-order valence-corrected chi connectivity index (χ0v) is 16.4. The van der Waals surface area contributed by atoms with Crippen LogP contribution >= 0.6 is 0 Å². The first-order valence-electron chi connectivity index (χ1n) is 9.98. The number of carbonyl (C=O) groups is 2. The monoisotopic (exact) mass is 373 g/mol. The van der Waals surface area contributed by atoms with Gasteiger partial charge in [0.1, 0.15) is 0 Å². The first-order valence-corrected chi connectivity index (χ1v) is 9.98. The molecular formula is C20H31N5O2. The van der Waals surface area contributed by atoms with E-state index in [1.54, 1.807) is 0 Å². The Kier molecular flexibility index (Phi) is 6.55. The standard InChI is InChI=1S/C20H31N5O2/c1-3-23-11-13-24(14-12-23)18-8-5-4-7-17(18)22-20(27)21-16(2)15-25-10-6-9-19(25)26/h4-5,7-8,16H,3,6,9-15H2,1-2H3,(H2,21,22,27)/t16-/m1/s1. The summed E-state index contributed by atoms with van der Waals surface area (Å²) in [6.07, 6.45) is 1.54. The van der Waals surface area contributed by atoms with Crippen molar-refractivity contribution < 1.29 is 9.59 Å². The molecule has 3 amide bonds. The summed E-state index contributed by atoms with van der Waals surface area (Å²) >= 11 is 0. The van der Waals surface area contributed by atoms with Crippen molar-refractivity contribution >= 4 is 23.3 Å². The molecule has 0 bridgehead atoms. The van der Waals surface area contributed by atoms with Crippen LogP contribution in [-0.4, -0.2) is 73.6 Å². The third kappa shape index (κ3) is 5.13. The maximum absolute atomic E-state index is 12.5. The topological polar surface area (TPSA) is 67.9 Å². The first kappa shape index (κ1) is 19.5. The summed E-state index contributed by atoms with van der Waals surface area (Å²) in [6.45, 7) is 10.5. The Balaban J connectivity index is 1.55. The lowest BCUT2D eigenvalue weighted by Gasteiger charge is -2.36. The Morgan fingerprint density at radius 2 is 1.89 bits per heavy atom. The molecule has 0 radical (unpaired) electrons. The second-order valence-corrected chi connectivity index (χ2v) is 7.38. The van der Waals surface area contributed by atoms with Crippen molar-refractivity contribution in [2.45, 2.75) is 32.7 Å². The van der Waals surface area contributed by atoms with Gasteiger partial charge in [-0.15, -0.1) is 0 Å². The minimum absolute atomic E-state index is 0.0905. The SMILES string of the molecule is CCN1CCN(c2ccccc2NC(=O)N[C@H](C)CN2CCCC2=O)CC1. The van der Waals surface area contributed by atoms with Crippen molar-refractivity contribution in [2.75, 3.05) is 56.0 Å². The number of rotatable bonds is 6. The number of nitrogens with one attached hydrogen (secondary N) is 2. The van der Waals surface area contributed by atoms with Crippen molar-refractivity contribution in [1.82, 2.24) is 15.1 Å². The van der Waals surface area contributed by atoms with Crippen molar-refractivity contribution in [1.29, 1.82) is 0 Å². The molecule has 2 aliphatic heterocycles. The van der Waals surface area contributed by atoms with Gasteiger partial charge in [0.2, 0.25) is 5.91 Å². The highest BCUT2D eigenvalue weighted by Gasteiger charge is 2.23. The van der Waals surface area contributed by atoms with Crippen LogP contribution in [-0.2, 0) is 4.79 Å². The van der Waals surface area contributed by atoms with Crippen molar-refractivity contribution in [3.63, 3.8) is 0 Å². The Hall–Kier alpha value is -2.28. The average molecular weight is 374 g/mol. The molecule has 2 heterocycles. The molecule has 7 nitrogen and oxygen atoms in total. The minimum Gasteiger partial charge on any atom is -0.367 e. The van der Waals surface area contributed by atoms with E-state index in [1.165, 1.54) is 0 Å². The van der Waals surface area contributed by atoms with E-state index in [2.05, 4.69) is 33.4 Å². The van der Waals surface area contributed by atoms with E-state index in [9.17, 15) is 9.59 Å². The fraction of sp³-hybridized carbons (Fsp3) is 0.600. The maximum atomic E-state index is 12.5. The van der Waals surface area contributed by atoms with E-state index in [0.29, 0.717) is 13.0 Å². The molecule has 1 aromatic rings. The first-order chi connectivity index (χ1) is 13.1. The summed E-state index contributed by atoms with van der Waals surface area (Å²) in [5, 5.41) is 5.94. The van der Waals surface area contributed by atoms with Crippen molar-refractivity contribution in [3.8, 4) is 0 Å². The fourth-order valence-corrected chi connectivity index (χ4v) is 3.82. The van der Waals surface area contributed by atoms with Crippen LogP contribution in [0.5, 0.6) is 0 Å². The molecule has 0 aromatic heterocycles. The Labute approximate surface area is 161 Å². The lowest BCUT2D eigenvalue weighted by Crippen LogP contribution is -2.47. The summed E-state index contributed by atoms with van der Waals surface area (Å²) in [5.41, 5.74) is 1.88. The lowest BCUT2D eigenvalue weighted by atomic mass is 10.2. The number of piperazine rings is 1. The van der Waals surface area contributed by atoms with Gasteiger partial charge < -0.3 is 25.3 Å². The maximum Gasteiger partial charge on any atom is 0.319 e. The molecule has 1 aromatic carbocycles. The molecule has 0 spiro atoms. The number of para-hydroxylation sites is 2. The molecule has 0 saturated carbocycles. The molecule has 3 rings (SSSR count). The molecule has 1 atom stereocenters. The second-order valence-electron chi connectivity index (χ2n) is 7.38. The average Bonchev–Trinajstić information content (AvgIpc) is 3.06. The van der Waals surface area contributed by atoms with E-state index in [4.69, 9.17) is 0 Å². The lowest BCUT2D eigenvalue weighted by molar-refractivity contribution is -0.127. The van der Waals surface area contributed by atoms with Crippen LogP contribution < -0.4 is 15.5 Å². The Morgan fingerprint density at radius 3 is 2.56 bits per heavy atom. The van der Waals surface area contributed by atoms with Gasteiger partial charge in [-0.3, -0.25) is 4.79 Å². The van der Waals surface area contributed by atoms with Gasteiger partial charge in [-0.05, 0) is 32.0 Å². The Bertz CT molecular complexity index is 658. The van der Waals surface area contributed by atoms with Crippen LogP contribution in [0.25, 0.3) is 0 Å². The molecule has 148 valence electrons. The second kappa shape index (κ2) is 9.08. The quantitative estimate of drug-likeness (QED) is 0.800. The fourth-order valence-electron chi connectivity index (χ4n) is 3.82. The van der Waals surface area contributed by atoms with Gasteiger partial charge in [0.15, 0.2) is 0 Å². The number of carbonyl (C=O) groups excluding carboxylic acids is 2. The van der Waals surface area contributed by atoms with E-state index in [0.717, 1.165) is 57.1 Å². The predicted molar refractivity (Wildman–Crippen MR) is 108 cm³/mol. The van der Waals surface area contributed by atoms with Gasteiger partial charge in [0.25, 0.3) is 0 Å².